The van der Waals surface area contributed by atoms with E-state index in [-0.39, 0.29) is 12.3 Å². The fraction of sp³-hybridized carbons (Fsp3) is 0.222. The summed E-state index contributed by atoms with van der Waals surface area (Å²) in [4.78, 5) is 27.6. The molecule has 27 heavy (non-hydrogen) atoms. The molecule has 2 heterocycles. The smallest absolute Gasteiger partial charge is 0.340 e. The Balaban J connectivity index is 1.82. The van der Waals surface area contributed by atoms with Crippen molar-refractivity contribution in [2.75, 3.05) is 11.9 Å². The largest absolute Gasteiger partial charge is 0.462 e. The number of aryl methyl sites for hydroxylation is 1. The second kappa shape index (κ2) is 7.89. The van der Waals surface area contributed by atoms with Gasteiger partial charge in [-0.1, -0.05) is 41.1 Å². The third-order valence-electron chi connectivity index (χ3n) is 3.89. The molecule has 0 saturated heterocycles. The van der Waals surface area contributed by atoms with Gasteiger partial charge in [0.2, 0.25) is 5.13 Å². The fourth-order valence-corrected chi connectivity index (χ4v) is 3.72. The first-order valence-electron chi connectivity index (χ1n) is 8.18. The SMILES string of the molecule is CCOC(=O)c1c(C)[nH]c(C(=O)Nc2nnc(-c3ccccc3Cl)s2)c1C. The Kier molecular flexibility index (Phi) is 5.57. The number of carbonyl (C=O) groups is 2. The number of ether oxygens (including phenoxy) is 1. The summed E-state index contributed by atoms with van der Waals surface area (Å²) in [7, 11) is 0. The van der Waals surface area contributed by atoms with Crippen molar-refractivity contribution in [3.8, 4) is 10.6 Å². The molecular weight excluding hydrogens is 388 g/mol. The molecule has 3 rings (SSSR count). The molecule has 0 aliphatic rings. The van der Waals surface area contributed by atoms with Gasteiger partial charge in [-0.3, -0.25) is 10.1 Å². The zero-order chi connectivity index (χ0) is 19.6. The quantitative estimate of drug-likeness (QED) is 0.620. The first-order chi connectivity index (χ1) is 12.9. The number of hydrogen-bond donors (Lipinski definition) is 2. The highest BCUT2D eigenvalue weighted by molar-refractivity contribution is 7.18. The summed E-state index contributed by atoms with van der Waals surface area (Å²) < 4.78 is 5.04. The topological polar surface area (TPSA) is 97.0 Å². The van der Waals surface area contributed by atoms with Crippen LogP contribution < -0.4 is 5.32 Å². The molecule has 9 heteroatoms. The summed E-state index contributed by atoms with van der Waals surface area (Å²) >= 11 is 7.38. The number of benzene rings is 1. The number of rotatable bonds is 5. The first kappa shape index (κ1) is 19.1. The van der Waals surface area contributed by atoms with E-state index >= 15 is 0 Å². The number of H-pyrrole nitrogens is 1. The van der Waals surface area contributed by atoms with Crippen molar-refractivity contribution >= 4 is 39.9 Å². The van der Waals surface area contributed by atoms with Crippen LogP contribution in [0.4, 0.5) is 5.13 Å². The Morgan fingerprint density at radius 3 is 2.70 bits per heavy atom. The minimum absolute atomic E-state index is 0.264. The predicted molar refractivity (Wildman–Crippen MR) is 105 cm³/mol. The van der Waals surface area contributed by atoms with E-state index in [0.717, 1.165) is 5.56 Å². The lowest BCUT2D eigenvalue weighted by molar-refractivity contribution is 0.0525. The van der Waals surface area contributed by atoms with Gasteiger partial charge < -0.3 is 9.72 Å². The van der Waals surface area contributed by atoms with Gasteiger partial charge in [0.05, 0.1) is 17.2 Å². The van der Waals surface area contributed by atoms with Crippen molar-refractivity contribution in [1.29, 1.82) is 0 Å². The molecule has 1 amide bonds. The summed E-state index contributed by atoms with van der Waals surface area (Å²) in [6.07, 6.45) is 0. The Morgan fingerprint density at radius 2 is 2.00 bits per heavy atom. The fourth-order valence-electron chi connectivity index (χ4n) is 2.66. The van der Waals surface area contributed by atoms with Crippen LogP contribution in [0.15, 0.2) is 24.3 Å². The molecule has 7 nitrogen and oxygen atoms in total. The van der Waals surface area contributed by atoms with E-state index in [4.69, 9.17) is 16.3 Å². The van der Waals surface area contributed by atoms with Crippen LogP contribution in [-0.4, -0.2) is 33.7 Å². The molecule has 0 bridgehead atoms. The number of amides is 1. The molecule has 0 unspecified atom stereocenters. The second-order valence-electron chi connectivity index (χ2n) is 5.69. The van der Waals surface area contributed by atoms with E-state index in [1.54, 1.807) is 26.8 Å². The average molecular weight is 405 g/mol. The molecule has 0 radical (unpaired) electrons. The van der Waals surface area contributed by atoms with Crippen LogP contribution in [0.2, 0.25) is 5.02 Å². The van der Waals surface area contributed by atoms with E-state index in [0.29, 0.717) is 32.0 Å². The van der Waals surface area contributed by atoms with Crippen molar-refractivity contribution in [1.82, 2.24) is 15.2 Å². The summed E-state index contributed by atoms with van der Waals surface area (Å²) in [5, 5.41) is 12.3. The zero-order valence-corrected chi connectivity index (χ0v) is 16.5. The van der Waals surface area contributed by atoms with E-state index in [9.17, 15) is 9.59 Å². The van der Waals surface area contributed by atoms with E-state index in [1.165, 1.54) is 11.3 Å². The number of nitrogens with zero attached hydrogens (tertiary/aromatic N) is 2. The Hall–Kier alpha value is -2.71. The van der Waals surface area contributed by atoms with Crippen LogP contribution in [0.25, 0.3) is 10.6 Å². The van der Waals surface area contributed by atoms with E-state index in [1.807, 2.05) is 18.2 Å². The van der Waals surface area contributed by atoms with Crippen molar-refractivity contribution in [2.45, 2.75) is 20.8 Å². The lowest BCUT2D eigenvalue weighted by atomic mass is 10.1. The second-order valence-corrected chi connectivity index (χ2v) is 7.08. The van der Waals surface area contributed by atoms with Gasteiger partial charge >= 0.3 is 5.97 Å². The maximum atomic E-state index is 12.6. The molecule has 0 atom stereocenters. The van der Waals surface area contributed by atoms with Gasteiger partial charge in [-0.15, -0.1) is 10.2 Å². The predicted octanol–water partition coefficient (Wildman–Crippen LogP) is 4.23. The molecule has 0 aliphatic heterocycles. The van der Waals surface area contributed by atoms with Crippen LogP contribution in [0.1, 0.15) is 39.0 Å². The van der Waals surface area contributed by atoms with Crippen molar-refractivity contribution in [2.24, 2.45) is 0 Å². The minimum Gasteiger partial charge on any atom is -0.462 e. The molecular formula is C18H17ClN4O3S. The van der Waals surface area contributed by atoms with Crippen LogP contribution in [0, 0.1) is 13.8 Å². The van der Waals surface area contributed by atoms with Gasteiger partial charge in [-0.2, -0.15) is 0 Å². The van der Waals surface area contributed by atoms with Gasteiger partial charge in [0.25, 0.3) is 5.91 Å². The van der Waals surface area contributed by atoms with Gasteiger partial charge in [0.15, 0.2) is 5.01 Å². The third-order valence-corrected chi connectivity index (χ3v) is 5.10. The number of carbonyl (C=O) groups excluding carboxylic acids is 2. The highest BCUT2D eigenvalue weighted by Gasteiger charge is 2.23. The van der Waals surface area contributed by atoms with Crippen LogP contribution in [-0.2, 0) is 4.74 Å². The molecule has 0 aliphatic carbocycles. The summed E-state index contributed by atoms with van der Waals surface area (Å²) in [5.41, 5.74) is 2.50. The van der Waals surface area contributed by atoms with Crippen LogP contribution >= 0.6 is 22.9 Å². The summed E-state index contributed by atoms with van der Waals surface area (Å²) in [5.74, 6) is -0.868. The van der Waals surface area contributed by atoms with Gasteiger partial charge in [-0.05, 0) is 32.4 Å². The lowest BCUT2D eigenvalue weighted by Crippen LogP contribution is -2.14. The number of esters is 1. The summed E-state index contributed by atoms with van der Waals surface area (Å²) in [6.45, 7) is 5.41. The summed E-state index contributed by atoms with van der Waals surface area (Å²) in [6, 6.07) is 7.27. The van der Waals surface area contributed by atoms with Crippen molar-refractivity contribution in [3.05, 3.63) is 51.8 Å². The molecule has 0 fully saturated rings. The standard InChI is InChI=1S/C18H17ClN4O3S/c1-4-26-17(25)13-9(2)14(20-10(13)3)15(24)21-18-23-22-16(27-18)11-7-5-6-8-12(11)19/h5-8,20H,4H2,1-3H3,(H,21,23,24). The lowest BCUT2D eigenvalue weighted by Gasteiger charge is -2.03. The number of nitrogens with one attached hydrogen (secondary N) is 2. The maximum Gasteiger partial charge on any atom is 0.340 e. The number of hydrogen-bond acceptors (Lipinski definition) is 6. The minimum atomic E-state index is -0.459. The highest BCUT2D eigenvalue weighted by atomic mass is 35.5. The number of aromatic nitrogens is 3. The third kappa shape index (κ3) is 3.86. The molecule has 2 N–H and O–H groups in total. The van der Waals surface area contributed by atoms with Gasteiger partial charge in [0.1, 0.15) is 5.69 Å². The van der Waals surface area contributed by atoms with Crippen molar-refractivity contribution < 1.29 is 14.3 Å². The highest BCUT2D eigenvalue weighted by Crippen LogP contribution is 2.32. The Bertz CT molecular complexity index is 1010. The molecule has 0 saturated carbocycles. The maximum absolute atomic E-state index is 12.6. The molecule has 2 aromatic heterocycles. The molecule has 1 aromatic carbocycles. The first-order valence-corrected chi connectivity index (χ1v) is 9.37. The number of anilines is 1. The average Bonchev–Trinajstić information content (AvgIpc) is 3.19. The molecule has 0 spiro atoms. The molecule has 140 valence electrons. The normalized spacial score (nSPS) is 10.7. The molecule has 3 aromatic rings. The van der Waals surface area contributed by atoms with Crippen LogP contribution in [0.5, 0.6) is 0 Å². The van der Waals surface area contributed by atoms with E-state index in [2.05, 4.69) is 20.5 Å². The Morgan fingerprint density at radius 1 is 1.26 bits per heavy atom. The van der Waals surface area contributed by atoms with E-state index < -0.39 is 11.9 Å². The number of halogens is 1. The number of aromatic amines is 1. The zero-order valence-electron chi connectivity index (χ0n) is 14.9. The van der Waals surface area contributed by atoms with Crippen molar-refractivity contribution in [3.63, 3.8) is 0 Å². The van der Waals surface area contributed by atoms with Gasteiger partial charge in [-0.25, -0.2) is 4.79 Å². The monoisotopic (exact) mass is 404 g/mol. The van der Waals surface area contributed by atoms with Gasteiger partial charge in [0, 0.05) is 11.3 Å². The Labute approximate surface area is 164 Å². The van der Waals surface area contributed by atoms with Crippen LogP contribution in [0.3, 0.4) is 0 Å².